The van der Waals surface area contributed by atoms with Gasteiger partial charge in [0.25, 0.3) is 5.79 Å². The Labute approximate surface area is 372 Å². The van der Waals surface area contributed by atoms with Crippen molar-refractivity contribution in [3.05, 3.63) is 120 Å². The van der Waals surface area contributed by atoms with Gasteiger partial charge in [-0.15, -0.1) is 0 Å². The highest BCUT2D eigenvalue weighted by atomic mass is 16.7. The molecule has 336 valence electrons. The fraction of sp³-hybridized carbons (Fsp3) is 0.442. The molecule has 2 saturated heterocycles. The van der Waals surface area contributed by atoms with E-state index in [1.807, 2.05) is 107 Å². The lowest BCUT2D eigenvalue weighted by atomic mass is 9.74. The van der Waals surface area contributed by atoms with Crippen molar-refractivity contribution < 1.29 is 42.9 Å². The fourth-order valence-corrected chi connectivity index (χ4v) is 7.90. The fourth-order valence-electron chi connectivity index (χ4n) is 7.90. The number of likely N-dealkylation sites (tertiary alicyclic amines) is 1. The van der Waals surface area contributed by atoms with E-state index in [0.29, 0.717) is 12.8 Å². The zero-order valence-corrected chi connectivity index (χ0v) is 38.9. The first-order valence-electron chi connectivity index (χ1n) is 21.6. The van der Waals surface area contributed by atoms with Crippen LogP contribution in [-0.4, -0.2) is 64.0 Å². The standard InChI is InChI=1S/C28H35NO6.C24H29NO3/c1-26(2,3)35-25(32)29-22(17-21-23(30)33-28(6,7)34-24(21)31)27(4,5)20-15-13-19(14-16-20)18-11-9-8-10-12-18;1-23(2,3)28-22(27)25-20(15-16-21(25)26)24(4,5)19-13-11-18(12-14-19)17-9-7-6-8-10-17/h8-16,21-22H,17H2,1-7H3,(H,29,32);6-14,20H,15-16H2,1-5H3/t22-;/m0./s1. The van der Waals surface area contributed by atoms with E-state index < -0.39 is 58.5 Å². The molecule has 1 unspecified atom stereocenters. The Morgan fingerprint density at radius 1 is 0.651 bits per heavy atom. The molecule has 1 N–H and O–H groups in total. The topological polar surface area (TPSA) is 138 Å². The van der Waals surface area contributed by atoms with Gasteiger partial charge in [-0.2, -0.15) is 0 Å². The van der Waals surface area contributed by atoms with Gasteiger partial charge in [0.05, 0.1) is 6.04 Å². The summed E-state index contributed by atoms with van der Waals surface area (Å²) in [5.74, 6) is -3.98. The summed E-state index contributed by atoms with van der Waals surface area (Å²) in [7, 11) is 0. The Bertz CT molecular complexity index is 2220. The summed E-state index contributed by atoms with van der Waals surface area (Å²) >= 11 is 0. The third kappa shape index (κ3) is 12.4. The smallest absolute Gasteiger partial charge is 0.417 e. The summed E-state index contributed by atoms with van der Waals surface area (Å²) in [6.45, 7) is 21.9. The molecule has 11 nitrogen and oxygen atoms in total. The molecule has 0 radical (unpaired) electrons. The summed E-state index contributed by atoms with van der Waals surface area (Å²) in [6, 6.07) is 35.8. The van der Waals surface area contributed by atoms with Crippen molar-refractivity contribution >= 4 is 30.0 Å². The molecule has 0 spiro atoms. The van der Waals surface area contributed by atoms with Gasteiger partial charge >= 0.3 is 24.1 Å². The number of nitrogens with zero attached hydrogens (tertiary/aromatic N) is 1. The number of imide groups is 1. The van der Waals surface area contributed by atoms with E-state index in [-0.39, 0.29) is 23.8 Å². The quantitative estimate of drug-likeness (QED) is 0.0990. The molecular weight excluding hydrogens is 797 g/mol. The lowest BCUT2D eigenvalue weighted by Crippen LogP contribution is -2.53. The van der Waals surface area contributed by atoms with Crippen LogP contribution < -0.4 is 5.32 Å². The number of cyclic esters (lactones) is 2. The number of amides is 3. The van der Waals surface area contributed by atoms with Crippen LogP contribution in [0, 0.1) is 5.92 Å². The molecule has 63 heavy (non-hydrogen) atoms. The zero-order chi connectivity index (χ0) is 46.5. The van der Waals surface area contributed by atoms with Crippen molar-refractivity contribution in [3.63, 3.8) is 0 Å². The molecule has 0 saturated carbocycles. The molecule has 11 heteroatoms. The SMILES string of the molecule is CC(C)(C)OC(=O)N1C(=O)CCC1C(C)(C)c1ccc(-c2ccccc2)cc1.CC(C)(C)OC(=O)N[C@@H](CC1C(=O)OC(C)(C)OC1=O)C(C)(C)c1ccc(-c2ccccc2)cc1. The number of hydrogen-bond donors (Lipinski definition) is 1. The predicted octanol–water partition coefficient (Wildman–Crippen LogP) is 10.9. The van der Waals surface area contributed by atoms with Crippen molar-refractivity contribution in [2.24, 2.45) is 5.92 Å². The Balaban J connectivity index is 0.000000243. The molecule has 2 atom stereocenters. The molecule has 2 fully saturated rings. The van der Waals surface area contributed by atoms with E-state index in [1.165, 1.54) is 24.3 Å². The summed E-state index contributed by atoms with van der Waals surface area (Å²) in [5, 5.41) is 2.89. The van der Waals surface area contributed by atoms with Crippen LogP contribution in [0.1, 0.15) is 113 Å². The summed E-state index contributed by atoms with van der Waals surface area (Å²) in [5.41, 5.74) is 4.10. The van der Waals surface area contributed by atoms with Gasteiger partial charge in [0.15, 0.2) is 5.92 Å². The lowest BCUT2D eigenvalue weighted by molar-refractivity contribution is -0.240. The van der Waals surface area contributed by atoms with Gasteiger partial charge in [0.2, 0.25) is 5.91 Å². The van der Waals surface area contributed by atoms with Gasteiger partial charge in [-0.3, -0.25) is 14.4 Å². The monoisotopic (exact) mass is 860 g/mol. The third-order valence-electron chi connectivity index (χ3n) is 11.4. The van der Waals surface area contributed by atoms with Crippen LogP contribution in [0.25, 0.3) is 22.3 Å². The number of ether oxygens (including phenoxy) is 4. The van der Waals surface area contributed by atoms with Crippen molar-refractivity contribution in [2.45, 2.75) is 142 Å². The van der Waals surface area contributed by atoms with Crippen LogP contribution in [-0.2, 0) is 44.2 Å². The Hall–Kier alpha value is -5.97. The van der Waals surface area contributed by atoms with E-state index in [4.69, 9.17) is 18.9 Å². The highest BCUT2D eigenvalue weighted by Crippen LogP contribution is 2.39. The number of alkyl carbamates (subject to hydrolysis) is 1. The number of nitrogens with one attached hydrogen (secondary N) is 1. The molecule has 4 aromatic carbocycles. The normalized spacial score (nSPS) is 17.4. The molecule has 4 aromatic rings. The van der Waals surface area contributed by atoms with E-state index in [2.05, 4.69) is 55.6 Å². The largest absolute Gasteiger partial charge is 0.444 e. The van der Waals surface area contributed by atoms with Crippen molar-refractivity contribution in [2.75, 3.05) is 0 Å². The second-order valence-electron chi connectivity index (χ2n) is 19.9. The molecule has 0 aliphatic carbocycles. The average molecular weight is 861 g/mol. The van der Waals surface area contributed by atoms with Crippen molar-refractivity contribution in [1.82, 2.24) is 10.2 Å². The first-order valence-corrected chi connectivity index (χ1v) is 21.6. The van der Waals surface area contributed by atoms with Crippen molar-refractivity contribution in [3.8, 4) is 22.3 Å². The van der Waals surface area contributed by atoms with Gasteiger partial charge < -0.3 is 24.3 Å². The third-order valence-corrected chi connectivity index (χ3v) is 11.4. The minimum Gasteiger partial charge on any atom is -0.444 e. The minimum atomic E-state index is -1.32. The van der Waals surface area contributed by atoms with E-state index in [1.54, 1.807) is 20.8 Å². The zero-order valence-electron chi connectivity index (χ0n) is 38.9. The van der Waals surface area contributed by atoms with Crippen LogP contribution in [0.2, 0.25) is 0 Å². The van der Waals surface area contributed by atoms with Gasteiger partial charge in [0.1, 0.15) is 11.2 Å². The second-order valence-corrected chi connectivity index (χ2v) is 19.9. The molecule has 0 bridgehead atoms. The molecule has 2 heterocycles. The van der Waals surface area contributed by atoms with E-state index in [0.717, 1.165) is 27.8 Å². The Morgan fingerprint density at radius 2 is 1.08 bits per heavy atom. The maximum Gasteiger partial charge on any atom is 0.417 e. The molecule has 2 aliphatic rings. The second kappa shape index (κ2) is 18.8. The van der Waals surface area contributed by atoms with E-state index >= 15 is 0 Å². The van der Waals surface area contributed by atoms with Crippen molar-refractivity contribution in [1.29, 1.82) is 0 Å². The van der Waals surface area contributed by atoms with Gasteiger partial charge in [-0.25, -0.2) is 14.5 Å². The highest BCUT2D eigenvalue weighted by molar-refractivity contribution is 5.97. The average Bonchev–Trinajstić information content (AvgIpc) is 3.60. The maximum absolute atomic E-state index is 12.7. The molecule has 3 amide bonds. The highest BCUT2D eigenvalue weighted by Gasteiger charge is 2.48. The van der Waals surface area contributed by atoms with Crippen LogP contribution in [0.15, 0.2) is 109 Å². The number of rotatable bonds is 9. The van der Waals surface area contributed by atoms with Gasteiger partial charge in [-0.1, -0.05) is 137 Å². The Morgan fingerprint density at radius 3 is 1.52 bits per heavy atom. The molecule has 2 aliphatic heterocycles. The Kier molecular flexibility index (Phi) is 14.3. The molecular formula is C52H64N2O9. The minimum absolute atomic E-state index is 0.000423. The number of esters is 2. The van der Waals surface area contributed by atoms with Crippen LogP contribution in [0.4, 0.5) is 9.59 Å². The van der Waals surface area contributed by atoms with Crippen LogP contribution in [0.5, 0.6) is 0 Å². The number of carbonyl (C=O) groups is 5. The first kappa shape index (κ1) is 48.1. The lowest BCUT2D eigenvalue weighted by Gasteiger charge is -2.39. The predicted molar refractivity (Wildman–Crippen MR) is 243 cm³/mol. The number of carbonyl (C=O) groups excluding carboxylic acids is 5. The maximum atomic E-state index is 12.7. The molecule has 0 aromatic heterocycles. The molecule has 6 rings (SSSR count). The van der Waals surface area contributed by atoms with Crippen LogP contribution in [0.3, 0.4) is 0 Å². The number of benzene rings is 4. The van der Waals surface area contributed by atoms with Gasteiger partial charge in [-0.05, 0) is 87.8 Å². The summed E-state index contributed by atoms with van der Waals surface area (Å²) in [4.78, 5) is 64.5. The van der Waals surface area contributed by atoms with Gasteiger partial charge in [0, 0.05) is 37.1 Å². The number of hydrogen-bond acceptors (Lipinski definition) is 9. The van der Waals surface area contributed by atoms with E-state index in [9.17, 15) is 24.0 Å². The van der Waals surface area contributed by atoms with Crippen LogP contribution >= 0.6 is 0 Å². The first-order chi connectivity index (χ1) is 29.3. The summed E-state index contributed by atoms with van der Waals surface area (Å²) in [6.07, 6.45) is -0.162. The summed E-state index contributed by atoms with van der Waals surface area (Å²) < 4.78 is 21.6.